The zero-order valence-corrected chi connectivity index (χ0v) is 15.2. The van der Waals surface area contributed by atoms with Crippen LogP contribution in [0, 0.1) is 11.8 Å². The predicted octanol–water partition coefficient (Wildman–Crippen LogP) is 2.74. The molecule has 6 nitrogen and oxygen atoms in total. The van der Waals surface area contributed by atoms with E-state index in [1.165, 1.54) is 0 Å². The molecule has 1 unspecified atom stereocenters. The van der Waals surface area contributed by atoms with Crippen molar-refractivity contribution in [3.63, 3.8) is 0 Å². The van der Waals surface area contributed by atoms with Gasteiger partial charge in [0.1, 0.15) is 5.75 Å². The van der Waals surface area contributed by atoms with Crippen LogP contribution in [0.2, 0.25) is 5.02 Å². The second-order valence-corrected chi connectivity index (χ2v) is 7.11. The van der Waals surface area contributed by atoms with Crippen LogP contribution in [0.25, 0.3) is 0 Å². The molecule has 1 fully saturated rings. The normalized spacial score (nSPS) is 16.9. The molecule has 1 heterocycles. The van der Waals surface area contributed by atoms with Crippen molar-refractivity contribution in [2.24, 2.45) is 11.8 Å². The zero-order chi connectivity index (χ0) is 18.4. The van der Waals surface area contributed by atoms with Gasteiger partial charge in [0.05, 0.1) is 5.92 Å². The highest BCUT2D eigenvalue weighted by molar-refractivity contribution is 6.30. The van der Waals surface area contributed by atoms with Crippen LogP contribution in [0.15, 0.2) is 24.3 Å². The van der Waals surface area contributed by atoms with Crippen molar-refractivity contribution in [2.75, 3.05) is 19.8 Å². The summed E-state index contributed by atoms with van der Waals surface area (Å²) >= 11 is 5.83. The molecule has 0 bridgehead atoms. The van der Waals surface area contributed by atoms with E-state index >= 15 is 0 Å². The number of rotatable bonds is 7. The minimum atomic E-state index is -1.13. The highest BCUT2D eigenvalue weighted by atomic mass is 35.5. The lowest BCUT2D eigenvalue weighted by Gasteiger charge is -2.30. The van der Waals surface area contributed by atoms with Crippen LogP contribution in [0.3, 0.4) is 0 Å². The lowest BCUT2D eigenvalue weighted by molar-refractivity contribution is -0.145. The number of aliphatic carboxylic acids is 1. The molecule has 0 aliphatic carbocycles. The SMILES string of the molecule is CC(C)(Oc1ccc(Cl)cc1)C(=O)NCC(C(=O)O)C1CCOCC1. The standard InChI is InChI=1S/C18H24ClNO5/c1-18(2,25-14-5-3-13(19)4-6-14)17(23)20-11-15(16(21)22)12-7-9-24-10-8-12/h3-6,12,15H,7-11H2,1-2H3,(H,20,23)(H,21,22). The molecular weight excluding hydrogens is 346 g/mol. The maximum atomic E-state index is 12.5. The fraction of sp³-hybridized carbons (Fsp3) is 0.556. The number of carboxylic acid groups (broad SMARTS) is 1. The van der Waals surface area contributed by atoms with Gasteiger partial charge < -0.3 is 19.9 Å². The van der Waals surface area contributed by atoms with E-state index in [-0.39, 0.29) is 18.4 Å². The van der Waals surface area contributed by atoms with Crippen molar-refractivity contribution < 1.29 is 24.2 Å². The van der Waals surface area contributed by atoms with Gasteiger partial charge in [-0.1, -0.05) is 11.6 Å². The van der Waals surface area contributed by atoms with Crippen LogP contribution < -0.4 is 10.1 Å². The molecular formula is C18H24ClNO5. The molecule has 0 spiro atoms. The fourth-order valence-electron chi connectivity index (χ4n) is 2.83. The summed E-state index contributed by atoms with van der Waals surface area (Å²) in [6.07, 6.45) is 1.38. The predicted molar refractivity (Wildman–Crippen MR) is 93.8 cm³/mol. The minimum absolute atomic E-state index is 0.00634. The summed E-state index contributed by atoms with van der Waals surface area (Å²) in [6, 6.07) is 6.71. The van der Waals surface area contributed by atoms with E-state index in [4.69, 9.17) is 21.1 Å². The number of carbonyl (C=O) groups is 2. The van der Waals surface area contributed by atoms with Gasteiger partial charge in [0.15, 0.2) is 5.60 Å². The molecule has 0 saturated carbocycles. The Bertz CT molecular complexity index is 596. The molecule has 1 aliphatic heterocycles. The molecule has 1 aliphatic rings. The summed E-state index contributed by atoms with van der Waals surface area (Å²) in [5.74, 6) is -1.36. The van der Waals surface area contributed by atoms with E-state index in [0.29, 0.717) is 36.8 Å². The van der Waals surface area contributed by atoms with Gasteiger partial charge in [-0.25, -0.2) is 0 Å². The number of ether oxygens (including phenoxy) is 2. The maximum Gasteiger partial charge on any atom is 0.308 e. The molecule has 2 rings (SSSR count). The van der Waals surface area contributed by atoms with E-state index in [1.807, 2.05) is 0 Å². The van der Waals surface area contributed by atoms with Crippen LogP contribution >= 0.6 is 11.6 Å². The molecule has 0 aromatic heterocycles. The summed E-state index contributed by atoms with van der Waals surface area (Å²) in [5.41, 5.74) is -1.13. The van der Waals surface area contributed by atoms with Crippen LogP contribution in [0.5, 0.6) is 5.75 Å². The van der Waals surface area contributed by atoms with Gasteiger partial charge in [-0.15, -0.1) is 0 Å². The van der Waals surface area contributed by atoms with Gasteiger partial charge in [0, 0.05) is 24.8 Å². The molecule has 1 aromatic rings. The summed E-state index contributed by atoms with van der Waals surface area (Å²) in [5, 5.41) is 12.8. The lowest BCUT2D eigenvalue weighted by Crippen LogP contribution is -2.49. The quantitative estimate of drug-likeness (QED) is 0.772. The Morgan fingerprint density at radius 2 is 1.92 bits per heavy atom. The van der Waals surface area contributed by atoms with Crippen molar-refractivity contribution in [3.05, 3.63) is 29.3 Å². The Balaban J connectivity index is 1.93. The van der Waals surface area contributed by atoms with Gasteiger partial charge in [-0.3, -0.25) is 9.59 Å². The van der Waals surface area contributed by atoms with Gasteiger partial charge in [0.2, 0.25) is 0 Å². The molecule has 1 saturated heterocycles. The van der Waals surface area contributed by atoms with Crippen molar-refractivity contribution in [2.45, 2.75) is 32.3 Å². The molecule has 25 heavy (non-hydrogen) atoms. The maximum absolute atomic E-state index is 12.5. The van der Waals surface area contributed by atoms with E-state index in [1.54, 1.807) is 38.1 Å². The van der Waals surface area contributed by atoms with Crippen LogP contribution in [-0.4, -0.2) is 42.3 Å². The Morgan fingerprint density at radius 1 is 1.32 bits per heavy atom. The van der Waals surface area contributed by atoms with Crippen LogP contribution in [0.1, 0.15) is 26.7 Å². The smallest absolute Gasteiger partial charge is 0.308 e. The topological polar surface area (TPSA) is 84.9 Å². The second-order valence-electron chi connectivity index (χ2n) is 6.67. The number of hydrogen-bond acceptors (Lipinski definition) is 4. The summed E-state index contributed by atoms with van der Waals surface area (Å²) in [4.78, 5) is 24.0. The lowest BCUT2D eigenvalue weighted by atomic mass is 9.86. The average molecular weight is 370 g/mol. The first-order chi connectivity index (χ1) is 11.8. The van der Waals surface area contributed by atoms with Crippen molar-refractivity contribution in [3.8, 4) is 5.75 Å². The Morgan fingerprint density at radius 3 is 2.48 bits per heavy atom. The molecule has 1 atom stereocenters. The molecule has 7 heteroatoms. The Labute approximate surface area is 152 Å². The summed E-state index contributed by atoms with van der Waals surface area (Å²) in [6.45, 7) is 4.48. The largest absolute Gasteiger partial charge is 0.481 e. The fourth-order valence-corrected chi connectivity index (χ4v) is 2.96. The van der Waals surface area contributed by atoms with E-state index < -0.39 is 17.5 Å². The first kappa shape index (κ1) is 19.5. The number of amides is 1. The molecule has 0 radical (unpaired) electrons. The van der Waals surface area contributed by atoms with Gasteiger partial charge in [-0.05, 0) is 56.9 Å². The monoisotopic (exact) mass is 369 g/mol. The van der Waals surface area contributed by atoms with E-state index in [0.717, 1.165) is 0 Å². The van der Waals surface area contributed by atoms with Crippen molar-refractivity contribution >= 4 is 23.5 Å². The first-order valence-electron chi connectivity index (χ1n) is 8.33. The third-order valence-corrected chi connectivity index (χ3v) is 4.62. The van der Waals surface area contributed by atoms with E-state index in [2.05, 4.69) is 5.32 Å². The first-order valence-corrected chi connectivity index (χ1v) is 8.71. The Kier molecular flexibility index (Phi) is 6.67. The Hall–Kier alpha value is -1.79. The number of benzene rings is 1. The summed E-state index contributed by atoms with van der Waals surface area (Å²) < 4.78 is 11.0. The molecule has 138 valence electrons. The molecule has 1 aromatic carbocycles. The van der Waals surface area contributed by atoms with Crippen molar-refractivity contribution in [1.29, 1.82) is 0 Å². The summed E-state index contributed by atoms with van der Waals surface area (Å²) in [7, 11) is 0. The third-order valence-electron chi connectivity index (χ3n) is 4.37. The number of carbonyl (C=O) groups excluding carboxylic acids is 1. The minimum Gasteiger partial charge on any atom is -0.481 e. The van der Waals surface area contributed by atoms with Gasteiger partial charge in [-0.2, -0.15) is 0 Å². The van der Waals surface area contributed by atoms with Gasteiger partial charge >= 0.3 is 5.97 Å². The zero-order valence-electron chi connectivity index (χ0n) is 14.5. The highest BCUT2D eigenvalue weighted by Gasteiger charge is 2.34. The number of halogens is 1. The highest BCUT2D eigenvalue weighted by Crippen LogP contribution is 2.25. The van der Waals surface area contributed by atoms with Crippen molar-refractivity contribution in [1.82, 2.24) is 5.32 Å². The number of carboxylic acids is 1. The third kappa shape index (κ3) is 5.61. The van der Waals surface area contributed by atoms with Gasteiger partial charge in [0.25, 0.3) is 5.91 Å². The number of hydrogen-bond donors (Lipinski definition) is 2. The average Bonchev–Trinajstić information content (AvgIpc) is 2.57. The van der Waals surface area contributed by atoms with Crippen LogP contribution in [-0.2, 0) is 14.3 Å². The molecule has 2 N–H and O–H groups in total. The van der Waals surface area contributed by atoms with E-state index in [9.17, 15) is 14.7 Å². The second kappa shape index (κ2) is 8.54. The molecule has 1 amide bonds. The van der Waals surface area contributed by atoms with Crippen LogP contribution in [0.4, 0.5) is 0 Å². The number of nitrogens with one attached hydrogen (secondary N) is 1.